The highest BCUT2D eigenvalue weighted by Crippen LogP contribution is 2.21. The molecule has 2 amide bonds. The Bertz CT molecular complexity index is 1100. The van der Waals surface area contributed by atoms with Gasteiger partial charge in [-0.05, 0) is 60.7 Å². The lowest BCUT2D eigenvalue weighted by molar-refractivity contribution is 0.262. The number of nitrogens with one attached hydrogen (secondary N) is 2. The number of hydrogen-bond donors (Lipinski definition) is 2. The first-order valence-corrected chi connectivity index (χ1v) is 8.74. The van der Waals surface area contributed by atoms with Crippen molar-refractivity contribution in [2.45, 2.75) is 0 Å². The van der Waals surface area contributed by atoms with Gasteiger partial charge in [0.15, 0.2) is 5.82 Å². The van der Waals surface area contributed by atoms with Gasteiger partial charge in [-0.3, -0.25) is 0 Å². The molecule has 2 aromatic carbocycles. The molecule has 0 saturated carbocycles. The van der Waals surface area contributed by atoms with E-state index in [-0.39, 0.29) is 0 Å². The van der Waals surface area contributed by atoms with Crippen molar-refractivity contribution in [3.05, 3.63) is 91.0 Å². The van der Waals surface area contributed by atoms with Crippen LogP contribution < -0.4 is 15.4 Å². The van der Waals surface area contributed by atoms with Crippen LogP contribution >= 0.6 is 0 Å². The summed E-state index contributed by atoms with van der Waals surface area (Å²) in [6.45, 7) is 0. The standard InChI is InChI=1S/C21H16FN5O2/c22-15-4-3-5-17(14-15)24-21(28)23-16-6-8-18(9-7-16)29-20-11-10-19(25-26-20)27-12-1-2-13-27/h1-14H,(H2,23,24,28). The molecule has 0 spiro atoms. The number of hydrogen-bond acceptors (Lipinski definition) is 4. The van der Waals surface area contributed by atoms with Crippen molar-refractivity contribution in [2.75, 3.05) is 10.6 Å². The molecule has 2 aromatic heterocycles. The molecule has 0 atom stereocenters. The zero-order valence-corrected chi connectivity index (χ0v) is 15.1. The van der Waals surface area contributed by atoms with Crippen molar-refractivity contribution in [1.29, 1.82) is 0 Å². The van der Waals surface area contributed by atoms with Gasteiger partial charge in [-0.2, -0.15) is 0 Å². The highest BCUT2D eigenvalue weighted by Gasteiger charge is 2.05. The summed E-state index contributed by atoms with van der Waals surface area (Å²) < 4.78 is 20.7. The van der Waals surface area contributed by atoms with Crippen LogP contribution in [0, 0.1) is 5.82 Å². The van der Waals surface area contributed by atoms with E-state index in [1.165, 1.54) is 18.2 Å². The third-order valence-electron chi connectivity index (χ3n) is 3.91. The van der Waals surface area contributed by atoms with Gasteiger partial charge >= 0.3 is 6.03 Å². The highest BCUT2D eigenvalue weighted by molar-refractivity contribution is 5.99. The van der Waals surface area contributed by atoms with E-state index in [1.54, 1.807) is 42.5 Å². The van der Waals surface area contributed by atoms with E-state index in [4.69, 9.17) is 4.74 Å². The minimum Gasteiger partial charge on any atom is -0.438 e. The average Bonchev–Trinajstić information content (AvgIpc) is 3.25. The number of ether oxygens (including phenoxy) is 1. The summed E-state index contributed by atoms with van der Waals surface area (Å²) in [5, 5.41) is 13.4. The molecule has 0 bridgehead atoms. The van der Waals surface area contributed by atoms with Gasteiger partial charge in [-0.1, -0.05) is 6.07 Å². The first-order valence-electron chi connectivity index (χ1n) is 8.74. The molecule has 144 valence electrons. The summed E-state index contributed by atoms with van der Waals surface area (Å²) >= 11 is 0. The summed E-state index contributed by atoms with van der Waals surface area (Å²) in [5.74, 6) is 1.16. The molecule has 4 rings (SSSR count). The highest BCUT2D eigenvalue weighted by atomic mass is 19.1. The number of rotatable bonds is 5. The number of anilines is 2. The van der Waals surface area contributed by atoms with E-state index in [0.717, 1.165) is 0 Å². The third-order valence-corrected chi connectivity index (χ3v) is 3.91. The third kappa shape index (κ3) is 4.75. The lowest BCUT2D eigenvalue weighted by atomic mass is 10.3. The van der Waals surface area contributed by atoms with Crippen LogP contribution in [0.2, 0.25) is 0 Å². The summed E-state index contributed by atoms with van der Waals surface area (Å²) in [6.07, 6.45) is 3.75. The maximum Gasteiger partial charge on any atom is 0.323 e. The van der Waals surface area contributed by atoms with Gasteiger partial charge in [-0.25, -0.2) is 9.18 Å². The van der Waals surface area contributed by atoms with Gasteiger partial charge in [0.25, 0.3) is 0 Å². The average molecular weight is 389 g/mol. The normalized spacial score (nSPS) is 10.4. The Labute approximate surface area is 165 Å². The molecule has 0 radical (unpaired) electrons. The molecule has 7 nitrogen and oxygen atoms in total. The number of carbonyl (C=O) groups is 1. The predicted molar refractivity (Wildman–Crippen MR) is 107 cm³/mol. The van der Waals surface area contributed by atoms with Gasteiger partial charge in [0.1, 0.15) is 11.6 Å². The molecule has 8 heteroatoms. The van der Waals surface area contributed by atoms with Crippen LogP contribution in [0.15, 0.2) is 85.2 Å². The largest absolute Gasteiger partial charge is 0.438 e. The van der Waals surface area contributed by atoms with Gasteiger partial charge < -0.3 is 19.9 Å². The summed E-state index contributed by atoms with van der Waals surface area (Å²) in [4.78, 5) is 12.0. The Morgan fingerprint density at radius 3 is 2.31 bits per heavy atom. The fourth-order valence-electron chi connectivity index (χ4n) is 2.58. The molecule has 2 heterocycles. The second kappa shape index (κ2) is 8.22. The number of halogens is 1. The van der Waals surface area contributed by atoms with Gasteiger partial charge in [0.05, 0.1) is 0 Å². The van der Waals surface area contributed by atoms with Crippen LogP contribution in [0.4, 0.5) is 20.6 Å². The topological polar surface area (TPSA) is 81.1 Å². The van der Waals surface area contributed by atoms with Gasteiger partial charge in [0.2, 0.25) is 5.88 Å². The second-order valence-electron chi connectivity index (χ2n) is 6.04. The summed E-state index contributed by atoms with van der Waals surface area (Å²) in [7, 11) is 0. The predicted octanol–water partition coefficient (Wildman–Crippen LogP) is 4.84. The van der Waals surface area contributed by atoms with E-state index in [1.807, 2.05) is 29.1 Å². The molecule has 0 aliphatic rings. The van der Waals surface area contributed by atoms with Crippen molar-refractivity contribution in [1.82, 2.24) is 14.8 Å². The van der Waals surface area contributed by atoms with Crippen LogP contribution in [-0.2, 0) is 0 Å². The molecular formula is C21H16FN5O2. The first-order chi connectivity index (χ1) is 14.2. The molecule has 0 unspecified atom stereocenters. The molecular weight excluding hydrogens is 373 g/mol. The van der Waals surface area contributed by atoms with Crippen LogP contribution in [-0.4, -0.2) is 20.8 Å². The zero-order valence-electron chi connectivity index (χ0n) is 15.1. The number of aromatic nitrogens is 3. The number of amides is 2. The van der Waals surface area contributed by atoms with Gasteiger partial charge in [0, 0.05) is 29.8 Å². The number of urea groups is 1. The van der Waals surface area contributed by atoms with Crippen molar-refractivity contribution < 1.29 is 13.9 Å². The monoisotopic (exact) mass is 389 g/mol. The lowest BCUT2D eigenvalue weighted by Gasteiger charge is -2.09. The van der Waals surface area contributed by atoms with Crippen molar-refractivity contribution in [2.24, 2.45) is 0 Å². The van der Waals surface area contributed by atoms with Crippen molar-refractivity contribution in [3.8, 4) is 17.4 Å². The number of nitrogens with zero attached hydrogens (tertiary/aromatic N) is 3. The Kier molecular flexibility index (Phi) is 5.15. The number of carbonyl (C=O) groups excluding carboxylic acids is 1. The summed E-state index contributed by atoms with van der Waals surface area (Å²) in [6, 6.07) is 19.3. The van der Waals surface area contributed by atoms with E-state index < -0.39 is 11.8 Å². The first kappa shape index (κ1) is 18.2. The second-order valence-corrected chi connectivity index (χ2v) is 6.04. The van der Waals surface area contributed by atoms with Crippen molar-refractivity contribution >= 4 is 17.4 Å². The minimum atomic E-state index is -0.476. The van der Waals surface area contributed by atoms with E-state index in [0.29, 0.717) is 28.8 Å². The van der Waals surface area contributed by atoms with Crippen molar-refractivity contribution in [3.63, 3.8) is 0 Å². The van der Waals surface area contributed by atoms with Crippen LogP contribution in [0.5, 0.6) is 11.6 Å². The lowest BCUT2D eigenvalue weighted by Crippen LogP contribution is -2.19. The maximum atomic E-state index is 13.2. The zero-order chi connectivity index (χ0) is 20.1. The molecule has 29 heavy (non-hydrogen) atoms. The Hall–Kier alpha value is -4.20. The fourth-order valence-corrected chi connectivity index (χ4v) is 2.58. The minimum absolute atomic E-state index is 0.352. The Balaban J connectivity index is 1.34. The molecule has 2 N–H and O–H groups in total. The molecule has 0 saturated heterocycles. The van der Waals surface area contributed by atoms with E-state index in [2.05, 4.69) is 20.8 Å². The number of benzene rings is 2. The molecule has 0 aliphatic carbocycles. The van der Waals surface area contributed by atoms with Crippen LogP contribution in [0.3, 0.4) is 0 Å². The molecule has 0 fully saturated rings. The smallest absolute Gasteiger partial charge is 0.323 e. The fraction of sp³-hybridized carbons (Fsp3) is 0. The van der Waals surface area contributed by atoms with Crippen LogP contribution in [0.25, 0.3) is 5.82 Å². The van der Waals surface area contributed by atoms with Gasteiger partial charge in [-0.15, -0.1) is 10.2 Å². The SMILES string of the molecule is O=C(Nc1ccc(Oc2ccc(-n3cccc3)nn2)cc1)Nc1cccc(F)c1. The Morgan fingerprint density at radius 2 is 1.62 bits per heavy atom. The maximum absolute atomic E-state index is 13.2. The van der Waals surface area contributed by atoms with Crippen LogP contribution in [0.1, 0.15) is 0 Å². The van der Waals surface area contributed by atoms with E-state index in [9.17, 15) is 9.18 Å². The molecule has 0 aliphatic heterocycles. The quantitative estimate of drug-likeness (QED) is 0.512. The Morgan fingerprint density at radius 1 is 0.862 bits per heavy atom. The molecule has 4 aromatic rings. The summed E-state index contributed by atoms with van der Waals surface area (Å²) in [5.41, 5.74) is 0.921. The van der Waals surface area contributed by atoms with E-state index >= 15 is 0 Å².